The van der Waals surface area contributed by atoms with Crippen LogP contribution >= 0.6 is 35.0 Å². The van der Waals surface area contributed by atoms with Crippen molar-refractivity contribution in [3.63, 3.8) is 0 Å². The first-order chi connectivity index (χ1) is 17.0. The fraction of sp³-hybridized carbons (Fsp3) is 0.296. The van der Waals surface area contributed by atoms with Crippen molar-refractivity contribution < 1.29 is 14.4 Å². The number of carbonyl (C=O) groups is 3. The van der Waals surface area contributed by atoms with Crippen LogP contribution in [-0.4, -0.2) is 40.6 Å². The van der Waals surface area contributed by atoms with E-state index in [1.807, 2.05) is 12.1 Å². The van der Waals surface area contributed by atoms with E-state index in [2.05, 4.69) is 44.0 Å². The Morgan fingerprint density at radius 3 is 2.50 bits per heavy atom. The quantitative estimate of drug-likeness (QED) is 0.394. The van der Waals surface area contributed by atoms with E-state index in [-0.39, 0.29) is 17.0 Å². The first-order valence-electron chi connectivity index (χ1n) is 11.6. The number of thioether (sulfide) groups is 1. The number of nitrogens with zero attached hydrogens (tertiary/aromatic N) is 2. The number of fused-ring (bicyclic) bond motifs is 1. The van der Waals surface area contributed by atoms with Crippen LogP contribution in [0.3, 0.4) is 0 Å². The molecule has 6 nitrogen and oxygen atoms in total. The van der Waals surface area contributed by atoms with Crippen LogP contribution < -0.4 is 10.2 Å². The van der Waals surface area contributed by atoms with Gasteiger partial charge >= 0.3 is 0 Å². The summed E-state index contributed by atoms with van der Waals surface area (Å²) in [6.45, 7) is 9.06. The Bertz CT molecular complexity index is 1300. The summed E-state index contributed by atoms with van der Waals surface area (Å²) in [7, 11) is 0. The van der Waals surface area contributed by atoms with E-state index >= 15 is 0 Å². The Labute approximate surface area is 225 Å². The highest BCUT2D eigenvalue weighted by atomic mass is 35.5. The maximum atomic E-state index is 13.0. The molecule has 1 fully saturated rings. The summed E-state index contributed by atoms with van der Waals surface area (Å²) >= 11 is 13.3. The molecule has 1 saturated heterocycles. The molecule has 4 rings (SSSR count). The number of anilines is 2. The molecule has 9 heteroatoms. The van der Waals surface area contributed by atoms with Crippen molar-refractivity contribution in [2.24, 2.45) is 0 Å². The standard InChI is InChI=1S/C27H27Cl2N3O3S/c1-5-10-32-22-13-21(29)17(11-20(22)16(2)14-27(32,3)4)12-23-25(34)31(26(35)36-23)15-24(33)30-19-8-6-18(28)7-9-19/h6-9,11-14H,5,10,15H2,1-4H3,(H,30,33)/b23-12+. The average Bonchev–Trinajstić information content (AvgIpc) is 3.06. The number of rotatable bonds is 6. The number of hydrogen-bond acceptors (Lipinski definition) is 5. The smallest absolute Gasteiger partial charge is 0.294 e. The molecule has 2 aliphatic rings. The molecule has 36 heavy (non-hydrogen) atoms. The molecule has 0 saturated carbocycles. The lowest BCUT2D eigenvalue weighted by molar-refractivity contribution is -0.127. The zero-order valence-electron chi connectivity index (χ0n) is 20.5. The van der Waals surface area contributed by atoms with Crippen LogP contribution in [0.4, 0.5) is 16.2 Å². The third-order valence-electron chi connectivity index (χ3n) is 6.13. The molecule has 2 aromatic rings. The maximum Gasteiger partial charge on any atom is 0.294 e. The second-order valence-electron chi connectivity index (χ2n) is 9.35. The summed E-state index contributed by atoms with van der Waals surface area (Å²) in [5.41, 5.74) is 4.25. The molecule has 1 N–H and O–H groups in total. The van der Waals surface area contributed by atoms with Gasteiger partial charge in [0.15, 0.2) is 0 Å². The monoisotopic (exact) mass is 543 g/mol. The Balaban J connectivity index is 1.57. The van der Waals surface area contributed by atoms with Gasteiger partial charge in [0.2, 0.25) is 5.91 Å². The van der Waals surface area contributed by atoms with Gasteiger partial charge in [0.05, 0.1) is 10.4 Å². The maximum absolute atomic E-state index is 13.0. The Morgan fingerprint density at radius 2 is 1.83 bits per heavy atom. The number of imide groups is 1. The molecule has 0 aliphatic carbocycles. The van der Waals surface area contributed by atoms with Crippen LogP contribution in [0.5, 0.6) is 0 Å². The van der Waals surface area contributed by atoms with Crippen molar-refractivity contribution in [1.29, 1.82) is 0 Å². The molecule has 2 aromatic carbocycles. The topological polar surface area (TPSA) is 69.7 Å². The number of carbonyl (C=O) groups excluding carboxylic acids is 3. The van der Waals surface area contributed by atoms with Gasteiger partial charge in [-0.1, -0.05) is 36.2 Å². The third kappa shape index (κ3) is 5.33. The van der Waals surface area contributed by atoms with Crippen LogP contribution in [0.15, 0.2) is 47.4 Å². The van der Waals surface area contributed by atoms with Gasteiger partial charge in [-0.05, 0) is 92.6 Å². The van der Waals surface area contributed by atoms with Gasteiger partial charge in [-0.15, -0.1) is 0 Å². The van der Waals surface area contributed by atoms with E-state index < -0.39 is 17.1 Å². The predicted octanol–water partition coefficient (Wildman–Crippen LogP) is 7.08. The second-order valence-corrected chi connectivity index (χ2v) is 11.2. The summed E-state index contributed by atoms with van der Waals surface area (Å²) < 4.78 is 0. The third-order valence-corrected chi connectivity index (χ3v) is 7.62. The van der Waals surface area contributed by atoms with E-state index in [1.54, 1.807) is 30.3 Å². The van der Waals surface area contributed by atoms with Crippen LogP contribution in [-0.2, 0) is 9.59 Å². The molecule has 2 aliphatic heterocycles. The number of allylic oxidation sites excluding steroid dienone is 1. The Morgan fingerprint density at radius 1 is 1.14 bits per heavy atom. The van der Waals surface area contributed by atoms with Crippen LogP contribution in [0.25, 0.3) is 11.6 Å². The molecular formula is C27H27Cl2N3O3S. The summed E-state index contributed by atoms with van der Waals surface area (Å²) in [4.78, 5) is 41.5. The molecule has 0 aromatic heterocycles. The average molecular weight is 545 g/mol. The highest BCUT2D eigenvalue weighted by molar-refractivity contribution is 8.18. The second kappa shape index (κ2) is 10.3. The number of nitrogens with one attached hydrogen (secondary N) is 1. The molecular weight excluding hydrogens is 517 g/mol. The lowest BCUT2D eigenvalue weighted by Gasteiger charge is -2.43. The fourth-order valence-corrected chi connectivity index (χ4v) is 5.68. The lowest BCUT2D eigenvalue weighted by atomic mass is 9.87. The minimum Gasteiger partial charge on any atom is -0.362 e. The molecule has 2 heterocycles. The van der Waals surface area contributed by atoms with E-state index in [4.69, 9.17) is 23.2 Å². The summed E-state index contributed by atoms with van der Waals surface area (Å²) in [6, 6.07) is 10.5. The van der Waals surface area contributed by atoms with Gasteiger partial charge in [-0.25, -0.2) is 0 Å². The minimum atomic E-state index is -0.522. The number of amides is 3. The van der Waals surface area contributed by atoms with E-state index in [1.165, 1.54) is 0 Å². The zero-order chi connectivity index (χ0) is 26.2. The van der Waals surface area contributed by atoms with E-state index in [0.29, 0.717) is 21.3 Å². The van der Waals surface area contributed by atoms with Crippen molar-refractivity contribution >= 4 is 75.0 Å². The minimum absolute atomic E-state index is 0.146. The van der Waals surface area contributed by atoms with Crippen LogP contribution in [0.1, 0.15) is 45.2 Å². The molecule has 0 radical (unpaired) electrons. The Hall–Kier alpha value is -2.74. The fourth-order valence-electron chi connectivity index (χ4n) is 4.51. The summed E-state index contributed by atoms with van der Waals surface area (Å²) in [5.74, 6) is -1.00. The number of halogens is 2. The van der Waals surface area contributed by atoms with Crippen molar-refractivity contribution in [2.75, 3.05) is 23.3 Å². The van der Waals surface area contributed by atoms with Gasteiger partial charge in [0.1, 0.15) is 6.54 Å². The van der Waals surface area contributed by atoms with E-state index in [9.17, 15) is 14.4 Å². The van der Waals surface area contributed by atoms with Gasteiger partial charge in [0.25, 0.3) is 11.1 Å². The number of hydrogen-bond donors (Lipinski definition) is 1. The van der Waals surface area contributed by atoms with Gasteiger partial charge < -0.3 is 10.2 Å². The molecule has 3 amide bonds. The van der Waals surface area contributed by atoms with Crippen molar-refractivity contribution in [3.8, 4) is 0 Å². The molecule has 0 bridgehead atoms. The SMILES string of the molecule is CCCN1c2cc(Cl)c(/C=C3/SC(=O)N(CC(=O)Nc4ccc(Cl)cc4)C3=O)cc2C(C)=CC1(C)C. The van der Waals surface area contributed by atoms with Crippen molar-refractivity contribution in [3.05, 3.63) is 68.6 Å². The molecule has 188 valence electrons. The van der Waals surface area contributed by atoms with Gasteiger partial charge in [-0.3, -0.25) is 19.3 Å². The number of benzene rings is 2. The van der Waals surface area contributed by atoms with E-state index in [0.717, 1.165) is 46.5 Å². The zero-order valence-corrected chi connectivity index (χ0v) is 22.9. The molecule has 0 unspecified atom stereocenters. The first kappa shape index (κ1) is 26.3. The highest BCUT2D eigenvalue weighted by Crippen LogP contribution is 2.42. The summed E-state index contributed by atoms with van der Waals surface area (Å²) in [5, 5.41) is 3.20. The molecule has 0 spiro atoms. The normalized spacial score (nSPS) is 17.9. The highest BCUT2D eigenvalue weighted by Gasteiger charge is 2.37. The van der Waals surface area contributed by atoms with Crippen LogP contribution in [0.2, 0.25) is 10.0 Å². The lowest BCUT2D eigenvalue weighted by Crippen LogP contribution is -2.45. The van der Waals surface area contributed by atoms with Crippen LogP contribution in [0, 0.1) is 0 Å². The molecule has 0 atom stereocenters. The predicted molar refractivity (Wildman–Crippen MR) is 150 cm³/mol. The largest absolute Gasteiger partial charge is 0.362 e. The van der Waals surface area contributed by atoms with Crippen molar-refractivity contribution in [2.45, 2.75) is 39.7 Å². The summed E-state index contributed by atoms with van der Waals surface area (Å²) in [6.07, 6.45) is 4.85. The first-order valence-corrected chi connectivity index (χ1v) is 13.2. The van der Waals surface area contributed by atoms with Crippen molar-refractivity contribution in [1.82, 2.24) is 4.90 Å². The van der Waals surface area contributed by atoms with Gasteiger partial charge in [-0.2, -0.15) is 0 Å². The Kier molecular flexibility index (Phi) is 7.55. The van der Waals surface area contributed by atoms with Gasteiger partial charge in [0, 0.05) is 33.5 Å².